The van der Waals surface area contributed by atoms with Crippen LogP contribution in [0.3, 0.4) is 0 Å². The maximum atomic E-state index is 14.3. The van der Waals surface area contributed by atoms with Gasteiger partial charge in [-0.2, -0.15) is 5.10 Å². The van der Waals surface area contributed by atoms with Crippen molar-refractivity contribution in [2.45, 2.75) is 58.2 Å². The molecule has 10 heteroatoms. The summed E-state index contributed by atoms with van der Waals surface area (Å²) in [5, 5.41) is 20.2. The minimum atomic E-state index is -0.628. The van der Waals surface area contributed by atoms with Crippen LogP contribution in [0.2, 0.25) is 0 Å². The summed E-state index contributed by atoms with van der Waals surface area (Å²) < 4.78 is 22.0. The van der Waals surface area contributed by atoms with Crippen LogP contribution in [0.5, 0.6) is 5.75 Å². The summed E-state index contributed by atoms with van der Waals surface area (Å²) in [5.41, 5.74) is 8.13. The number of phenols is 1. The lowest BCUT2D eigenvalue weighted by Crippen LogP contribution is -2.53. The van der Waals surface area contributed by atoms with Crippen molar-refractivity contribution >= 4 is 33.2 Å². The van der Waals surface area contributed by atoms with E-state index in [-0.39, 0.29) is 22.6 Å². The number of fused-ring (bicyclic) bond motifs is 2. The zero-order valence-corrected chi connectivity index (χ0v) is 23.5. The van der Waals surface area contributed by atoms with Crippen molar-refractivity contribution in [1.82, 2.24) is 25.1 Å². The second-order valence-corrected chi connectivity index (χ2v) is 11.9. The molecule has 0 aliphatic carbocycles. The molecule has 41 heavy (non-hydrogen) atoms. The van der Waals surface area contributed by atoms with Crippen LogP contribution in [0, 0.1) is 5.82 Å². The van der Waals surface area contributed by atoms with E-state index in [1.54, 1.807) is 10.7 Å². The van der Waals surface area contributed by atoms with Gasteiger partial charge in [0, 0.05) is 28.3 Å². The lowest BCUT2D eigenvalue weighted by Gasteiger charge is -2.41. The van der Waals surface area contributed by atoms with Gasteiger partial charge in [0.1, 0.15) is 41.2 Å². The first kappa shape index (κ1) is 26.6. The van der Waals surface area contributed by atoms with E-state index in [9.17, 15) is 14.3 Å². The minimum Gasteiger partial charge on any atom is -0.508 e. The summed E-state index contributed by atoms with van der Waals surface area (Å²) in [6.45, 7) is 10.4. The zero-order chi connectivity index (χ0) is 29.3. The van der Waals surface area contributed by atoms with Gasteiger partial charge in [-0.25, -0.2) is 23.8 Å². The molecule has 0 radical (unpaired) electrons. The Morgan fingerprint density at radius 2 is 1.85 bits per heavy atom. The number of nitrogens with two attached hydrogens (primary N) is 1. The van der Waals surface area contributed by atoms with Crippen LogP contribution in [-0.2, 0) is 0 Å². The fourth-order valence-electron chi connectivity index (χ4n) is 6.21. The number of phenolic OH excluding ortho intramolecular Hbond substituents is 1. The third-order valence-electron chi connectivity index (χ3n) is 7.43. The monoisotopic (exact) mass is 554 g/mol. The quantitative estimate of drug-likeness (QED) is 0.263. The summed E-state index contributed by atoms with van der Waals surface area (Å²) >= 11 is 0. The van der Waals surface area contributed by atoms with Crippen molar-refractivity contribution in [3.8, 4) is 17.0 Å². The second kappa shape index (κ2) is 9.24. The maximum Gasteiger partial charge on any atom is 0.343 e. The lowest BCUT2D eigenvalue weighted by molar-refractivity contribution is 0.296. The van der Waals surface area contributed by atoms with E-state index in [0.29, 0.717) is 39.9 Å². The predicted molar refractivity (Wildman–Crippen MR) is 157 cm³/mol. The van der Waals surface area contributed by atoms with E-state index in [0.717, 1.165) is 22.6 Å². The second-order valence-electron chi connectivity index (χ2n) is 11.9. The summed E-state index contributed by atoms with van der Waals surface area (Å²) in [6.07, 6.45) is 4.20. The molecular weight excluding hydrogens is 523 g/mol. The molecule has 0 fully saturated rings. The molecule has 1 aliphatic rings. The average molecular weight is 555 g/mol. The molecule has 0 spiro atoms. The molecule has 5 aromatic rings. The molecule has 4 N–H and O–H groups in total. The van der Waals surface area contributed by atoms with Gasteiger partial charge < -0.3 is 20.6 Å². The molecule has 3 aromatic heterocycles. The van der Waals surface area contributed by atoms with E-state index in [2.05, 4.69) is 49.1 Å². The standard InChI is InChI=1S/C31H31FN6O3/c1-16(38-28-24(27(33)34-15-35-28)25(36-38)17-10-19(32)12-20(39)11-17)26-23(18-13-30(2,3)37-31(4,5)14-18)21-8-6-7-9-22(21)29(40)41-26/h6-13,15-16,37,39H,14H2,1-5H3,(H2,33,34,35). The van der Waals surface area contributed by atoms with Crippen LogP contribution in [0.15, 0.2) is 64.1 Å². The highest BCUT2D eigenvalue weighted by atomic mass is 19.1. The number of aromatic nitrogens is 4. The van der Waals surface area contributed by atoms with Gasteiger partial charge in [-0.15, -0.1) is 0 Å². The van der Waals surface area contributed by atoms with Gasteiger partial charge in [-0.1, -0.05) is 24.3 Å². The zero-order valence-electron chi connectivity index (χ0n) is 23.5. The fourth-order valence-corrected chi connectivity index (χ4v) is 6.21. The van der Waals surface area contributed by atoms with E-state index >= 15 is 0 Å². The van der Waals surface area contributed by atoms with Crippen molar-refractivity contribution in [3.63, 3.8) is 0 Å². The van der Waals surface area contributed by atoms with E-state index in [1.807, 2.05) is 25.1 Å². The molecule has 210 valence electrons. The summed E-state index contributed by atoms with van der Waals surface area (Å²) in [7, 11) is 0. The molecule has 2 aromatic carbocycles. The van der Waals surface area contributed by atoms with Crippen LogP contribution < -0.4 is 16.7 Å². The number of rotatable bonds is 4. The van der Waals surface area contributed by atoms with E-state index < -0.39 is 17.5 Å². The predicted octanol–water partition coefficient (Wildman–Crippen LogP) is 5.57. The summed E-state index contributed by atoms with van der Waals surface area (Å²) in [5.74, 6) is -0.310. The number of nitrogen functional groups attached to an aromatic ring is 1. The van der Waals surface area contributed by atoms with E-state index in [4.69, 9.17) is 15.2 Å². The molecule has 0 saturated carbocycles. The minimum absolute atomic E-state index is 0.150. The SMILES string of the molecule is CC(c1oc(=O)c2ccccc2c1C1=CC(C)(C)NC(C)(C)C1)n1nc(-c2cc(O)cc(F)c2)c2c(N)ncnc21. The van der Waals surface area contributed by atoms with Crippen molar-refractivity contribution in [2.24, 2.45) is 0 Å². The van der Waals surface area contributed by atoms with Crippen LogP contribution in [0.4, 0.5) is 10.2 Å². The van der Waals surface area contributed by atoms with Crippen molar-refractivity contribution in [3.05, 3.63) is 82.4 Å². The number of nitrogens with one attached hydrogen (secondary N) is 1. The lowest BCUT2D eigenvalue weighted by atomic mass is 9.79. The first-order valence-corrected chi connectivity index (χ1v) is 13.4. The normalized spacial score (nSPS) is 17.1. The van der Waals surface area contributed by atoms with Crippen molar-refractivity contribution in [1.29, 1.82) is 0 Å². The Hall–Kier alpha value is -4.57. The third kappa shape index (κ3) is 4.63. The first-order chi connectivity index (χ1) is 19.3. The Morgan fingerprint density at radius 1 is 1.12 bits per heavy atom. The number of hydrogen-bond acceptors (Lipinski definition) is 8. The summed E-state index contributed by atoms with van der Waals surface area (Å²) in [4.78, 5) is 21.9. The van der Waals surface area contributed by atoms with E-state index in [1.165, 1.54) is 18.5 Å². The number of hydrogen-bond donors (Lipinski definition) is 3. The Labute approximate surface area is 235 Å². The highest BCUT2D eigenvalue weighted by Gasteiger charge is 2.35. The van der Waals surface area contributed by atoms with Gasteiger partial charge in [0.2, 0.25) is 0 Å². The Morgan fingerprint density at radius 3 is 2.56 bits per heavy atom. The fraction of sp³-hybridized carbons (Fsp3) is 0.290. The number of anilines is 1. The largest absolute Gasteiger partial charge is 0.508 e. The van der Waals surface area contributed by atoms with Crippen LogP contribution in [-0.4, -0.2) is 35.9 Å². The number of benzene rings is 2. The average Bonchev–Trinajstić information content (AvgIpc) is 3.27. The van der Waals surface area contributed by atoms with Gasteiger partial charge in [-0.05, 0) is 70.2 Å². The maximum absolute atomic E-state index is 14.3. The molecule has 0 saturated heterocycles. The third-order valence-corrected chi connectivity index (χ3v) is 7.43. The number of aromatic hydroxyl groups is 1. The number of halogens is 1. The molecule has 1 aliphatic heterocycles. The molecule has 4 heterocycles. The molecule has 1 atom stereocenters. The molecule has 0 bridgehead atoms. The van der Waals surface area contributed by atoms with Gasteiger partial charge >= 0.3 is 5.63 Å². The van der Waals surface area contributed by atoms with Crippen LogP contribution in [0.1, 0.15) is 58.4 Å². The topological polar surface area (TPSA) is 132 Å². The Balaban J connectivity index is 1.64. The van der Waals surface area contributed by atoms with Gasteiger partial charge in [0.15, 0.2) is 5.65 Å². The smallest absolute Gasteiger partial charge is 0.343 e. The van der Waals surface area contributed by atoms with Crippen LogP contribution >= 0.6 is 0 Å². The Bertz CT molecular complexity index is 1920. The molecule has 0 amide bonds. The Kier molecular flexibility index (Phi) is 6.00. The molecule has 9 nitrogen and oxygen atoms in total. The van der Waals surface area contributed by atoms with Crippen molar-refractivity contribution < 1.29 is 13.9 Å². The highest BCUT2D eigenvalue weighted by molar-refractivity contribution is 5.99. The molecule has 1 unspecified atom stereocenters. The summed E-state index contributed by atoms with van der Waals surface area (Å²) in [6, 6.07) is 10.5. The highest BCUT2D eigenvalue weighted by Crippen LogP contribution is 2.41. The number of nitrogens with zero attached hydrogens (tertiary/aromatic N) is 4. The van der Waals surface area contributed by atoms with Crippen molar-refractivity contribution in [2.75, 3.05) is 5.73 Å². The molecule has 6 rings (SSSR count). The van der Waals surface area contributed by atoms with Gasteiger partial charge in [0.05, 0.1) is 10.8 Å². The molecular formula is C31H31FN6O3. The first-order valence-electron chi connectivity index (χ1n) is 13.4. The van der Waals surface area contributed by atoms with Crippen LogP contribution in [0.25, 0.3) is 38.6 Å². The van der Waals surface area contributed by atoms with Gasteiger partial charge in [-0.3, -0.25) is 0 Å². The van der Waals surface area contributed by atoms with Gasteiger partial charge in [0.25, 0.3) is 0 Å².